The van der Waals surface area contributed by atoms with Gasteiger partial charge < -0.3 is 14.9 Å². The number of aliphatic carboxylic acids is 1. The highest BCUT2D eigenvalue weighted by Gasteiger charge is 2.38. The molecule has 0 spiro atoms. The van der Waals surface area contributed by atoms with E-state index < -0.39 is 12.0 Å². The van der Waals surface area contributed by atoms with Crippen LogP contribution in [0.25, 0.3) is 0 Å². The molecule has 1 aromatic rings. The number of carbonyl (C=O) groups excluding carboxylic acids is 1. The monoisotopic (exact) mass is 294 g/mol. The molecule has 0 bridgehead atoms. The van der Waals surface area contributed by atoms with Crippen LogP contribution in [-0.2, 0) is 11.2 Å². The van der Waals surface area contributed by atoms with Crippen molar-refractivity contribution in [3.63, 3.8) is 0 Å². The van der Waals surface area contributed by atoms with Gasteiger partial charge in [-0.3, -0.25) is 0 Å². The Kier molecular flexibility index (Phi) is 3.41. The van der Waals surface area contributed by atoms with Crippen molar-refractivity contribution >= 4 is 23.3 Å². The molecule has 1 saturated heterocycles. The van der Waals surface area contributed by atoms with Crippen molar-refractivity contribution in [2.75, 3.05) is 13.1 Å². The second-order valence-corrected chi connectivity index (χ2v) is 6.39. The minimum absolute atomic E-state index is 0.0348. The van der Waals surface area contributed by atoms with Gasteiger partial charge in [0.2, 0.25) is 0 Å². The first-order valence-electron chi connectivity index (χ1n) is 6.96. The zero-order chi connectivity index (χ0) is 14.3. The number of nitrogens with zero attached hydrogens (tertiary/aromatic N) is 2. The maximum absolute atomic E-state index is 12.6. The van der Waals surface area contributed by atoms with Gasteiger partial charge in [-0.1, -0.05) is 0 Å². The highest BCUT2D eigenvalue weighted by Crippen LogP contribution is 2.34. The van der Waals surface area contributed by atoms with Crippen molar-refractivity contribution in [2.24, 2.45) is 0 Å². The van der Waals surface area contributed by atoms with Crippen LogP contribution >= 0.6 is 11.3 Å². The normalized spacial score (nSPS) is 25.6. The topological polar surface area (TPSA) is 60.9 Å². The zero-order valence-electron chi connectivity index (χ0n) is 11.4. The van der Waals surface area contributed by atoms with Gasteiger partial charge in [0.1, 0.15) is 6.04 Å². The molecule has 1 fully saturated rings. The summed E-state index contributed by atoms with van der Waals surface area (Å²) in [6.45, 7) is 3.25. The number of amides is 2. The van der Waals surface area contributed by atoms with Crippen LogP contribution < -0.4 is 0 Å². The van der Waals surface area contributed by atoms with Crippen LogP contribution in [0.2, 0.25) is 0 Å². The van der Waals surface area contributed by atoms with Crippen molar-refractivity contribution in [1.82, 2.24) is 9.80 Å². The highest BCUT2D eigenvalue weighted by molar-refractivity contribution is 7.10. The molecule has 2 atom stereocenters. The molecule has 20 heavy (non-hydrogen) atoms. The van der Waals surface area contributed by atoms with E-state index in [0.29, 0.717) is 19.5 Å². The largest absolute Gasteiger partial charge is 0.480 e. The first kappa shape index (κ1) is 13.4. The maximum Gasteiger partial charge on any atom is 0.326 e. The Labute approximate surface area is 121 Å². The summed E-state index contributed by atoms with van der Waals surface area (Å²) in [4.78, 5) is 28.6. The summed E-state index contributed by atoms with van der Waals surface area (Å²) in [6, 6.07) is 1.33. The van der Waals surface area contributed by atoms with Gasteiger partial charge in [0.15, 0.2) is 0 Å². The summed E-state index contributed by atoms with van der Waals surface area (Å²) in [7, 11) is 0. The van der Waals surface area contributed by atoms with Crippen LogP contribution in [0.4, 0.5) is 4.79 Å². The Balaban J connectivity index is 1.80. The molecule has 1 aromatic heterocycles. The van der Waals surface area contributed by atoms with Crippen LogP contribution in [0, 0.1) is 0 Å². The van der Waals surface area contributed by atoms with E-state index in [9.17, 15) is 14.7 Å². The fourth-order valence-electron chi connectivity index (χ4n) is 3.19. The summed E-state index contributed by atoms with van der Waals surface area (Å²) < 4.78 is 0. The number of carbonyl (C=O) groups is 2. The summed E-state index contributed by atoms with van der Waals surface area (Å²) in [5.74, 6) is -0.892. The van der Waals surface area contributed by atoms with Crippen molar-refractivity contribution in [1.29, 1.82) is 0 Å². The smallest absolute Gasteiger partial charge is 0.326 e. The van der Waals surface area contributed by atoms with Crippen molar-refractivity contribution in [3.8, 4) is 0 Å². The molecule has 0 radical (unpaired) electrons. The van der Waals surface area contributed by atoms with Crippen molar-refractivity contribution < 1.29 is 14.7 Å². The number of fused-ring (bicyclic) bond motifs is 1. The number of carboxylic acids is 1. The van der Waals surface area contributed by atoms with E-state index in [1.807, 2.05) is 11.8 Å². The molecule has 6 heteroatoms. The van der Waals surface area contributed by atoms with Gasteiger partial charge in [-0.25, -0.2) is 9.59 Å². The maximum atomic E-state index is 12.6. The number of carboxylic acid groups (broad SMARTS) is 1. The molecule has 108 valence electrons. The summed E-state index contributed by atoms with van der Waals surface area (Å²) in [5.41, 5.74) is 1.21. The van der Waals surface area contributed by atoms with E-state index in [2.05, 4.69) is 11.4 Å². The first-order valence-corrected chi connectivity index (χ1v) is 7.84. The van der Waals surface area contributed by atoms with Gasteiger partial charge in [0.25, 0.3) is 0 Å². The number of rotatable bonds is 1. The average Bonchev–Trinajstić information content (AvgIpc) is 3.07. The van der Waals surface area contributed by atoms with Crippen LogP contribution in [0.15, 0.2) is 11.4 Å². The van der Waals surface area contributed by atoms with E-state index in [1.54, 1.807) is 11.3 Å². The van der Waals surface area contributed by atoms with Crippen LogP contribution in [0.3, 0.4) is 0 Å². The lowest BCUT2D eigenvalue weighted by Crippen LogP contribution is -2.50. The van der Waals surface area contributed by atoms with E-state index >= 15 is 0 Å². The van der Waals surface area contributed by atoms with Gasteiger partial charge in [-0.15, -0.1) is 11.3 Å². The second kappa shape index (κ2) is 5.09. The molecule has 3 heterocycles. The van der Waals surface area contributed by atoms with Crippen molar-refractivity contribution in [2.45, 2.75) is 38.3 Å². The predicted molar refractivity (Wildman–Crippen MR) is 75.9 cm³/mol. The van der Waals surface area contributed by atoms with Gasteiger partial charge in [-0.05, 0) is 43.2 Å². The van der Waals surface area contributed by atoms with Crippen LogP contribution in [-0.4, -0.2) is 46.0 Å². The van der Waals surface area contributed by atoms with Gasteiger partial charge >= 0.3 is 12.0 Å². The Morgan fingerprint density at radius 2 is 2.15 bits per heavy atom. The van der Waals surface area contributed by atoms with E-state index in [-0.39, 0.29) is 12.1 Å². The third kappa shape index (κ3) is 2.08. The second-order valence-electron chi connectivity index (χ2n) is 5.39. The lowest BCUT2D eigenvalue weighted by Gasteiger charge is -2.37. The number of thiophene rings is 1. The Morgan fingerprint density at radius 3 is 2.90 bits per heavy atom. The highest BCUT2D eigenvalue weighted by atomic mass is 32.1. The molecule has 1 N–H and O–H groups in total. The third-order valence-corrected chi connectivity index (χ3v) is 5.30. The quantitative estimate of drug-likeness (QED) is 0.864. The third-order valence-electron chi connectivity index (χ3n) is 4.31. The first-order chi connectivity index (χ1) is 9.59. The van der Waals surface area contributed by atoms with Gasteiger partial charge in [-0.2, -0.15) is 0 Å². The molecule has 1 unspecified atom stereocenters. The number of hydrogen-bond donors (Lipinski definition) is 1. The number of hydrogen-bond acceptors (Lipinski definition) is 3. The summed E-state index contributed by atoms with van der Waals surface area (Å²) >= 11 is 1.73. The average molecular weight is 294 g/mol. The van der Waals surface area contributed by atoms with Crippen molar-refractivity contribution in [3.05, 3.63) is 21.9 Å². The van der Waals surface area contributed by atoms with E-state index in [1.165, 1.54) is 15.3 Å². The molecule has 3 rings (SSSR count). The fourth-order valence-corrected chi connectivity index (χ4v) is 4.15. The summed E-state index contributed by atoms with van der Waals surface area (Å²) in [6.07, 6.45) is 2.20. The molecule has 5 nitrogen and oxygen atoms in total. The molecule has 2 aliphatic heterocycles. The molecular formula is C14H18N2O3S. The van der Waals surface area contributed by atoms with Gasteiger partial charge in [0.05, 0.1) is 6.04 Å². The molecular weight excluding hydrogens is 276 g/mol. The molecule has 2 aliphatic rings. The number of urea groups is 1. The Hall–Kier alpha value is -1.56. The molecule has 0 aromatic carbocycles. The van der Waals surface area contributed by atoms with Crippen LogP contribution in [0.5, 0.6) is 0 Å². The fraction of sp³-hybridized carbons (Fsp3) is 0.571. The van der Waals surface area contributed by atoms with Crippen LogP contribution in [0.1, 0.15) is 36.2 Å². The standard InChI is InChI=1S/C14H18N2O3S/c1-9-10-5-8-20-12(10)4-7-15(9)14(19)16-6-2-3-11(16)13(17)18/h5,8-9,11H,2-4,6-7H2,1H3,(H,17,18)/t9?,11-/m0/s1. The Morgan fingerprint density at radius 1 is 1.35 bits per heavy atom. The van der Waals surface area contributed by atoms with Gasteiger partial charge in [0, 0.05) is 18.0 Å². The lowest BCUT2D eigenvalue weighted by atomic mass is 10.0. The zero-order valence-corrected chi connectivity index (χ0v) is 12.2. The minimum Gasteiger partial charge on any atom is -0.480 e. The van der Waals surface area contributed by atoms with E-state index in [4.69, 9.17) is 0 Å². The molecule has 2 amide bonds. The van der Waals surface area contributed by atoms with E-state index in [0.717, 1.165) is 12.8 Å². The number of likely N-dealkylation sites (tertiary alicyclic amines) is 1. The lowest BCUT2D eigenvalue weighted by molar-refractivity contribution is -0.141. The SMILES string of the molecule is CC1c2ccsc2CCN1C(=O)N1CCC[C@H]1C(=O)O. The Bertz CT molecular complexity index is 542. The summed E-state index contributed by atoms with van der Waals surface area (Å²) in [5, 5.41) is 11.3. The minimum atomic E-state index is -0.892. The predicted octanol–water partition coefficient (Wildman–Crippen LogP) is 2.34. The molecule has 0 aliphatic carbocycles. The molecule has 0 saturated carbocycles.